The van der Waals surface area contributed by atoms with Crippen LogP contribution in [0.25, 0.3) is 0 Å². The van der Waals surface area contributed by atoms with Crippen molar-refractivity contribution in [1.29, 1.82) is 0 Å². The fraction of sp³-hybridized carbons (Fsp3) is 0.409. The molecule has 0 bridgehead atoms. The number of halogens is 1. The number of nitrogens with one attached hydrogen (secondary N) is 1. The van der Waals surface area contributed by atoms with Crippen LogP contribution in [-0.2, 0) is 16.8 Å². The van der Waals surface area contributed by atoms with Crippen molar-refractivity contribution in [3.8, 4) is 11.5 Å². The maximum Gasteiger partial charge on any atom is 0.238 e. The lowest BCUT2D eigenvalue weighted by molar-refractivity contribution is -0.117. The fourth-order valence-electron chi connectivity index (χ4n) is 2.87. The molecular formula is C22H29ClN2O3. The Morgan fingerprint density at radius 2 is 1.68 bits per heavy atom. The Hall–Kier alpha value is -2.24. The number of nitrogens with zero attached hydrogens (tertiary/aromatic N) is 1. The first-order valence-electron chi connectivity index (χ1n) is 9.13. The quantitative estimate of drug-likeness (QED) is 0.725. The molecule has 0 aliphatic carbocycles. The lowest BCUT2D eigenvalue weighted by atomic mass is 9.87. The Kier molecular flexibility index (Phi) is 7.33. The number of likely N-dealkylation sites (N-methyl/N-ethyl adjacent to an activating group) is 1. The SMILES string of the molecule is COc1cc(OC)c(NC(=O)CN(C)Cc2ccc(C(C)(C)C)cc2)cc1Cl. The van der Waals surface area contributed by atoms with Gasteiger partial charge in [-0.15, -0.1) is 0 Å². The van der Waals surface area contributed by atoms with Crippen LogP contribution in [0.1, 0.15) is 31.9 Å². The third-order valence-corrected chi connectivity index (χ3v) is 4.73. The molecule has 0 saturated carbocycles. The number of hydrogen-bond donors (Lipinski definition) is 1. The van der Waals surface area contributed by atoms with E-state index in [0.29, 0.717) is 28.8 Å². The first-order valence-corrected chi connectivity index (χ1v) is 9.51. The van der Waals surface area contributed by atoms with Gasteiger partial charge in [-0.2, -0.15) is 0 Å². The van der Waals surface area contributed by atoms with Gasteiger partial charge in [0, 0.05) is 12.6 Å². The van der Waals surface area contributed by atoms with Crippen molar-refractivity contribution in [2.75, 3.05) is 33.1 Å². The summed E-state index contributed by atoms with van der Waals surface area (Å²) in [4.78, 5) is 14.4. The third-order valence-electron chi connectivity index (χ3n) is 4.43. The van der Waals surface area contributed by atoms with Crippen LogP contribution < -0.4 is 14.8 Å². The van der Waals surface area contributed by atoms with Gasteiger partial charge in [-0.3, -0.25) is 9.69 Å². The number of benzene rings is 2. The van der Waals surface area contributed by atoms with Gasteiger partial charge in [0.15, 0.2) is 0 Å². The van der Waals surface area contributed by atoms with Crippen LogP contribution in [0, 0.1) is 0 Å². The van der Waals surface area contributed by atoms with Gasteiger partial charge >= 0.3 is 0 Å². The molecule has 0 saturated heterocycles. The van der Waals surface area contributed by atoms with Crippen LogP contribution in [-0.4, -0.2) is 38.6 Å². The van der Waals surface area contributed by atoms with Crippen molar-refractivity contribution < 1.29 is 14.3 Å². The van der Waals surface area contributed by atoms with E-state index in [2.05, 4.69) is 50.4 Å². The van der Waals surface area contributed by atoms with Crippen molar-refractivity contribution in [3.05, 3.63) is 52.5 Å². The van der Waals surface area contributed by atoms with Gasteiger partial charge in [0.1, 0.15) is 11.5 Å². The molecule has 2 aromatic rings. The molecule has 5 nitrogen and oxygen atoms in total. The number of ether oxygens (including phenoxy) is 2. The molecule has 152 valence electrons. The second-order valence-electron chi connectivity index (χ2n) is 7.85. The first kappa shape index (κ1) is 22.1. The lowest BCUT2D eigenvalue weighted by Gasteiger charge is -2.21. The Morgan fingerprint density at radius 1 is 1.07 bits per heavy atom. The van der Waals surface area contributed by atoms with Gasteiger partial charge < -0.3 is 14.8 Å². The normalized spacial score (nSPS) is 11.4. The zero-order valence-corrected chi connectivity index (χ0v) is 18.2. The van der Waals surface area contributed by atoms with Crippen molar-refractivity contribution in [3.63, 3.8) is 0 Å². The molecule has 28 heavy (non-hydrogen) atoms. The molecule has 0 heterocycles. The summed E-state index contributed by atoms with van der Waals surface area (Å²) >= 11 is 6.16. The molecule has 0 aromatic heterocycles. The second kappa shape index (κ2) is 9.30. The highest BCUT2D eigenvalue weighted by Gasteiger charge is 2.15. The fourth-order valence-corrected chi connectivity index (χ4v) is 3.11. The summed E-state index contributed by atoms with van der Waals surface area (Å²) in [6.45, 7) is 7.50. The molecular weight excluding hydrogens is 376 g/mol. The van der Waals surface area contributed by atoms with E-state index in [-0.39, 0.29) is 17.9 Å². The summed E-state index contributed by atoms with van der Waals surface area (Å²) < 4.78 is 10.5. The Labute approximate surface area is 172 Å². The van der Waals surface area contributed by atoms with Gasteiger partial charge in [-0.1, -0.05) is 56.6 Å². The minimum absolute atomic E-state index is 0.128. The van der Waals surface area contributed by atoms with Crippen LogP contribution in [0.15, 0.2) is 36.4 Å². The number of anilines is 1. The average molecular weight is 405 g/mol. The van der Waals surface area contributed by atoms with E-state index < -0.39 is 0 Å². The molecule has 0 spiro atoms. The standard InChI is InChI=1S/C22H29ClN2O3/c1-22(2,3)16-9-7-15(8-10-16)13-25(4)14-21(26)24-18-11-17(23)19(27-5)12-20(18)28-6/h7-12H,13-14H2,1-6H3,(H,24,26). The maximum absolute atomic E-state index is 12.4. The molecule has 0 unspecified atom stereocenters. The summed E-state index contributed by atoms with van der Waals surface area (Å²) in [5.74, 6) is 0.843. The van der Waals surface area contributed by atoms with E-state index in [0.717, 1.165) is 5.56 Å². The van der Waals surface area contributed by atoms with Crippen molar-refractivity contribution in [2.24, 2.45) is 0 Å². The van der Waals surface area contributed by atoms with E-state index >= 15 is 0 Å². The number of amides is 1. The molecule has 0 atom stereocenters. The van der Waals surface area contributed by atoms with Crippen molar-refractivity contribution in [2.45, 2.75) is 32.7 Å². The van der Waals surface area contributed by atoms with Crippen LogP contribution in [0.5, 0.6) is 11.5 Å². The van der Waals surface area contributed by atoms with E-state index in [1.165, 1.54) is 19.8 Å². The van der Waals surface area contributed by atoms with Crippen molar-refractivity contribution >= 4 is 23.2 Å². The highest BCUT2D eigenvalue weighted by molar-refractivity contribution is 6.32. The number of carbonyl (C=O) groups excluding carboxylic acids is 1. The van der Waals surface area contributed by atoms with Gasteiger partial charge in [0.25, 0.3) is 0 Å². The summed E-state index contributed by atoms with van der Waals surface area (Å²) in [7, 11) is 4.98. The molecule has 2 rings (SSSR count). The molecule has 0 fully saturated rings. The minimum Gasteiger partial charge on any atom is -0.495 e. The minimum atomic E-state index is -0.145. The number of rotatable bonds is 7. The van der Waals surface area contributed by atoms with Gasteiger partial charge in [-0.05, 0) is 29.7 Å². The Balaban J connectivity index is 1.98. The zero-order chi connectivity index (χ0) is 20.9. The Morgan fingerprint density at radius 3 is 2.21 bits per heavy atom. The number of carbonyl (C=O) groups is 1. The average Bonchev–Trinajstić information content (AvgIpc) is 2.61. The van der Waals surface area contributed by atoms with E-state index in [9.17, 15) is 4.79 Å². The van der Waals surface area contributed by atoms with Gasteiger partial charge in [0.2, 0.25) is 5.91 Å². The van der Waals surface area contributed by atoms with Crippen molar-refractivity contribution in [1.82, 2.24) is 4.90 Å². The second-order valence-corrected chi connectivity index (χ2v) is 8.26. The monoisotopic (exact) mass is 404 g/mol. The van der Waals surface area contributed by atoms with E-state index in [1.54, 1.807) is 12.1 Å². The van der Waals surface area contributed by atoms with Gasteiger partial charge in [-0.25, -0.2) is 0 Å². The highest BCUT2D eigenvalue weighted by Crippen LogP contribution is 2.35. The summed E-state index contributed by atoms with van der Waals surface area (Å²) in [6, 6.07) is 11.8. The smallest absolute Gasteiger partial charge is 0.238 e. The molecule has 1 amide bonds. The maximum atomic E-state index is 12.4. The highest BCUT2D eigenvalue weighted by atomic mass is 35.5. The largest absolute Gasteiger partial charge is 0.495 e. The van der Waals surface area contributed by atoms with Crippen LogP contribution in [0.2, 0.25) is 5.02 Å². The first-order chi connectivity index (χ1) is 13.1. The number of hydrogen-bond acceptors (Lipinski definition) is 4. The van der Waals surface area contributed by atoms with E-state index in [1.807, 2.05) is 11.9 Å². The molecule has 6 heteroatoms. The molecule has 1 N–H and O–H groups in total. The van der Waals surface area contributed by atoms with E-state index in [4.69, 9.17) is 21.1 Å². The predicted octanol–water partition coefficient (Wildman–Crippen LogP) is 4.73. The van der Waals surface area contributed by atoms with Crippen LogP contribution in [0.3, 0.4) is 0 Å². The molecule has 0 aliphatic heterocycles. The summed E-state index contributed by atoms with van der Waals surface area (Å²) in [5.41, 5.74) is 3.10. The summed E-state index contributed by atoms with van der Waals surface area (Å²) in [6.07, 6.45) is 0. The van der Waals surface area contributed by atoms with Gasteiger partial charge in [0.05, 0.1) is 31.5 Å². The zero-order valence-electron chi connectivity index (χ0n) is 17.4. The van der Waals surface area contributed by atoms with Crippen LogP contribution in [0.4, 0.5) is 5.69 Å². The predicted molar refractivity (Wildman–Crippen MR) is 115 cm³/mol. The topological polar surface area (TPSA) is 50.8 Å². The van der Waals surface area contributed by atoms with Crippen LogP contribution >= 0.6 is 11.6 Å². The third kappa shape index (κ3) is 5.88. The lowest BCUT2D eigenvalue weighted by Crippen LogP contribution is -2.30. The molecule has 0 aliphatic rings. The Bertz CT molecular complexity index is 814. The number of methoxy groups -OCH3 is 2. The summed E-state index contributed by atoms with van der Waals surface area (Å²) in [5, 5.41) is 3.26. The molecule has 2 aromatic carbocycles. The molecule has 0 radical (unpaired) electrons.